The van der Waals surface area contributed by atoms with Gasteiger partial charge in [0.15, 0.2) is 6.04 Å². The van der Waals surface area contributed by atoms with Crippen LogP contribution in [-0.2, 0) is 25.6 Å². The van der Waals surface area contributed by atoms with Crippen molar-refractivity contribution in [3.63, 3.8) is 0 Å². The van der Waals surface area contributed by atoms with Crippen molar-refractivity contribution in [1.82, 2.24) is 16.0 Å². The Morgan fingerprint density at radius 2 is 1.41 bits per heavy atom. The van der Waals surface area contributed by atoms with Gasteiger partial charge in [-0.1, -0.05) is 26.0 Å². The first-order valence-electron chi connectivity index (χ1n) is 10.2. The number of hydrogen-bond acceptors (Lipinski definition) is 7. The summed E-state index contributed by atoms with van der Waals surface area (Å²) in [5.74, 6) is -3.67. The van der Waals surface area contributed by atoms with Crippen molar-refractivity contribution in [2.24, 2.45) is 11.7 Å². The molecule has 0 radical (unpaired) electrons. The summed E-state index contributed by atoms with van der Waals surface area (Å²) in [6.07, 6.45) is -1.15. The molecule has 1 aromatic rings. The minimum atomic E-state index is -1.53. The molecule has 11 nitrogen and oxygen atoms in total. The molecule has 5 unspecified atom stereocenters. The number of rotatable bonds is 11. The highest BCUT2D eigenvalue weighted by atomic mass is 16.4. The van der Waals surface area contributed by atoms with Crippen LogP contribution in [0.2, 0.25) is 0 Å². The van der Waals surface area contributed by atoms with E-state index in [1.54, 1.807) is 26.0 Å². The number of benzene rings is 1. The Labute approximate surface area is 186 Å². The van der Waals surface area contributed by atoms with Crippen molar-refractivity contribution in [3.05, 3.63) is 29.8 Å². The van der Waals surface area contributed by atoms with Gasteiger partial charge in [-0.3, -0.25) is 14.4 Å². The Kier molecular flexibility index (Phi) is 10.1. The molecule has 0 saturated heterocycles. The molecule has 0 aliphatic carbocycles. The zero-order chi connectivity index (χ0) is 24.6. The topological polar surface area (TPSA) is 191 Å². The number of hydrogen-bond donors (Lipinski definition) is 7. The van der Waals surface area contributed by atoms with Gasteiger partial charge < -0.3 is 37.0 Å². The van der Waals surface area contributed by atoms with Gasteiger partial charge in [0.05, 0.1) is 12.1 Å². The summed E-state index contributed by atoms with van der Waals surface area (Å²) >= 11 is 0. The molecule has 1 rings (SSSR count). The van der Waals surface area contributed by atoms with Gasteiger partial charge in [0, 0.05) is 0 Å². The van der Waals surface area contributed by atoms with E-state index < -0.39 is 54.0 Å². The number of aliphatic hydroxyl groups is 1. The number of aliphatic carboxylic acids is 1. The summed E-state index contributed by atoms with van der Waals surface area (Å²) in [6.45, 7) is 5.97. The van der Waals surface area contributed by atoms with E-state index >= 15 is 0 Å². The maximum absolute atomic E-state index is 12.7. The van der Waals surface area contributed by atoms with Gasteiger partial charge in [-0.25, -0.2) is 4.79 Å². The van der Waals surface area contributed by atoms with Crippen molar-refractivity contribution in [2.75, 3.05) is 0 Å². The number of aliphatic hydroxyl groups excluding tert-OH is 1. The Morgan fingerprint density at radius 1 is 0.875 bits per heavy atom. The van der Waals surface area contributed by atoms with Gasteiger partial charge in [0.25, 0.3) is 0 Å². The van der Waals surface area contributed by atoms with Crippen molar-refractivity contribution in [1.29, 1.82) is 0 Å². The third-order valence-electron chi connectivity index (χ3n) is 4.77. The van der Waals surface area contributed by atoms with E-state index in [9.17, 15) is 29.4 Å². The quantitative estimate of drug-likeness (QED) is 0.219. The number of amides is 3. The molecule has 1 aromatic carbocycles. The predicted molar refractivity (Wildman–Crippen MR) is 115 cm³/mol. The standard InChI is InChI=1S/C21H32N4O7/c1-10(2)16(24-19(29)15(22)9-13-5-7-14(27)8-6-13)20(30)23-11(3)18(28)25-17(12(4)26)21(31)32/h5-8,10-12,15-17,26-27H,9,22H2,1-4H3,(H,23,30)(H,24,29)(H,25,28)(H,31,32). The second kappa shape index (κ2) is 12.0. The van der Waals surface area contributed by atoms with Crippen LogP contribution in [0.25, 0.3) is 0 Å². The molecule has 3 amide bonds. The zero-order valence-electron chi connectivity index (χ0n) is 18.5. The van der Waals surface area contributed by atoms with Gasteiger partial charge in [0.2, 0.25) is 17.7 Å². The molecule has 0 heterocycles. The summed E-state index contributed by atoms with van der Waals surface area (Å²) in [6, 6.07) is 1.63. The third kappa shape index (κ3) is 8.16. The van der Waals surface area contributed by atoms with E-state index in [2.05, 4.69) is 16.0 Å². The molecule has 0 aliphatic heterocycles. The maximum atomic E-state index is 12.7. The third-order valence-corrected chi connectivity index (χ3v) is 4.77. The summed E-state index contributed by atoms with van der Waals surface area (Å²) in [5, 5.41) is 35.0. The average Bonchev–Trinajstić information content (AvgIpc) is 2.70. The molecule has 0 saturated carbocycles. The lowest BCUT2D eigenvalue weighted by atomic mass is 10.0. The number of phenolic OH excluding ortho intramolecular Hbond substituents is 1. The molecule has 0 aliphatic rings. The van der Waals surface area contributed by atoms with Crippen molar-refractivity contribution in [2.45, 2.75) is 64.4 Å². The molecule has 0 aromatic heterocycles. The Morgan fingerprint density at radius 3 is 1.88 bits per heavy atom. The average molecular weight is 453 g/mol. The second-order valence-electron chi connectivity index (χ2n) is 8.00. The monoisotopic (exact) mass is 452 g/mol. The molecule has 0 spiro atoms. The van der Waals surface area contributed by atoms with Crippen molar-refractivity contribution >= 4 is 23.7 Å². The van der Waals surface area contributed by atoms with Crippen LogP contribution in [0.3, 0.4) is 0 Å². The molecular formula is C21H32N4O7. The highest BCUT2D eigenvalue weighted by molar-refractivity contribution is 5.94. The van der Waals surface area contributed by atoms with Crippen LogP contribution in [-0.4, -0.2) is 69.3 Å². The van der Waals surface area contributed by atoms with Gasteiger partial charge in [-0.15, -0.1) is 0 Å². The molecule has 0 bridgehead atoms. The zero-order valence-corrected chi connectivity index (χ0v) is 18.5. The maximum Gasteiger partial charge on any atom is 0.328 e. The number of carboxylic acids is 1. The first-order valence-corrected chi connectivity index (χ1v) is 10.2. The molecule has 8 N–H and O–H groups in total. The summed E-state index contributed by atoms with van der Waals surface area (Å²) < 4.78 is 0. The molecular weight excluding hydrogens is 420 g/mol. The van der Waals surface area contributed by atoms with E-state index in [-0.39, 0.29) is 18.1 Å². The Balaban J connectivity index is 2.73. The SMILES string of the molecule is CC(NC(=O)C(NC(=O)C(N)Cc1ccc(O)cc1)C(C)C)C(=O)NC(C(=O)O)C(C)O. The lowest BCUT2D eigenvalue weighted by molar-refractivity contribution is -0.145. The first kappa shape index (κ1) is 26.9. The molecule has 32 heavy (non-hydrogen) atoms. The van der Waals surface area contributed by atoms with Crippen LogP contribution >= 0.6 is 0 Å². The number of nitrogens with two attached hydrogens (primary N) is 1. The molecule has 0 fully saturated rings. The van der Waals surface area contributed by atoms with E-state index in [1.165, 1.54) is 26.0 Å². The number of nitrogens with one attached hydrogen (secondary N) is 3. The van der Waals surface area contributed by atoms with Gasteiger partial charge in [-0.2, -0.15) is 0 Å². The van der Waals surface area contributed by atoms with E-state index in [1.807, 2.05) is 0 Å². The summed E-state index contributed by atoms with van der Waals surface area (Å²) in [4.78, 5) is 48.5. The van der Waals surface area contributed by atoms with Crippen LogP contribution in [0.5, 0.6) is 5.75 Å². The minimum absolute atomic E-state index is 0.0876. The van der Waals surface area contributed by atoms with Crippen LogP contribution in [0.4, 0.5) is 0 Å². The number of carbonyl (C=O) groups excluding carboxylic acids is 3. The van der Waals surface area contributed by atoms with Crippen LogP contribution in [0.15, 0.2) is 24.3 Å². The fourth-order valence-electron chi connectivity index (χ4n) is 2.81. The number of carboxylic acid groups (broad SMARTS) is 1. The predicted octanol–water partition coefficient (Wildman–Crippen LogP) is -1.14. The normalized spacial score (nSPS) is 15.7. The molecule has 178 valence electrons. The van der Waals surface area contributed by atoms with Crippen LogP contribution < -0.4 is 21.7 Å². The van der Waals surface area contributed by atoms with E-state index in [4.69, 9.17) is 10.8 Å². The van der Waals surface area contributed by atoms with Gasteiger partial charge >= 0.3 is 5.97 Å². The van der Waals surface area contributed by atoms with Crippen molar-refractivity contribution in [3.8, 4) is 5.75 Å². The van der Waals surface area contributed by atoms with Gasteiger partial charge in [-0.05, 0) is 43.9 Å². The highest BCUT2D eigenvalue weighted by Crippen LogP contribution is 2.11. The van der Waals surface area contributed by atoms with E-state index in [0.717, 1.165) is 5.56 Å². The van der Waals surface area contributed by atoms with E-state index in [0.29, 0.717) is 0 Å². The van der Waals surface area contributed by atoms with Crippen LogP contribution in [0.1, 0.15) is 33.3 Å². The Bertz CT molecular complexity index is 811. The minimum Gasteiger partial charge on any atom is -0.508 e. The fraction of sp³-hybridized carbons (Fsp3) is 0.524. The number of aromatic hydroxyl groups is 1. The summed E-state index contributed by atoms with van der Waals surface area (Å²) in [7, 11) is 0. The Hall–Kier alpha value is -3.18. The highest BCUT2D eigenvalue weighted by Gasteiger charge is 2.31. The van der Waals surface area contributed by atoms with Crippen LogP contribution in [0, 0.1) is 5.92 Å². The second-order valence-corrected chi connectivity index (χ2v) is 8.00. The molecule has 5 atom stereocenters. The van der Waals surface area contributed by atoms with Crippen molar-refractivity contribution < 1.29 is 34.5 Å². The summed E-state index contributed by atoms with van der Waals surface area (Å²) in [5.41, 5.74) is 6.68. The largest absolute Gasteiger partial charge is 0.508 e. The smallest absolute Gasteiger partial charge is 0.328 e. The lowest BCUT2D eigenvalue weighted by Crippen LogP contribution is -2.58. The lowest BCUT2D eigenvalue weighted by Gasteiger charge is -2.26. The number of phenols is 1. The number of carbonyl (C=O) groups is 4. The van der Waals surface area contributed by atoms with Gasteiger partial charge in [0.1, 0.15) is 17.8 Å². The molecule has 11 heteroatoms. The first-order chi connectivity index (χ1) is 14.8. The fourth-order valence-corrected chi connectivity index (χ4v) is 2.81.